The fraction of sp³-hybridized carbons (Fsp3) is 0.0667. The summed E-state index contributed by atoms with van der Waals surface area (Å²) in [4.78, 5) is 10.9. The van der Waals surface area contributed by atoms with Gasteiger partial charge in [0.25, 0.3) is 5.70 Å². The highest BCUT2D eigenvalue weighted by atomic mass is 35.5. The molecule has 1 unspecified atom stereocenters. The molecule has 4 nitrogen and oxygen atoms in total. The lowest BCUT2D eigenvalue weighted by atomic mass is 10.0. The lowest BCUT2D eigenvalue weighted by Crippen LogP contribution is -2.20. The Morgan fingerprint density at radius 3 is 2.41 bits per heavy atom. The second-order valence-corrected chi connectivity index (χ2v) is 5.89. The fourth-order valence-corrected chi connectivity index (χ4v) is 3.05. The van der Waals surface area contributed by atoms with Gasteiger partial charge in [-0.3, -0.25) is 10.1 Å². The molecule has 0 N–H and O–H groups in total. The molecule has 0 aliphatic carbocycles. The van der Waals surface area contributed by atoms with E-state index in [1.807, 2.05) is 0 Å². The van der Waals surface area contributed by atoms with Crippen LogP contribution in [0, 0.1) is 10.1 Å². The van der Waals surface area contributed by atoms with Crippen molar-refractivity contribution in [3.05, 3.63) is 78.4 Å². The van der Waals surface area contributed by atoms with Gasteiger partial charge in [0.2, 0.25) is 6.10 Å². The van der Waals surface area contributed by atoms with Gasteiger partial charge in [-0.1, -0.05) is 40.9 Å². The van der Waals surface area contributed by atoms with Gasteiger partial charge in [0.15, 0.2) is 0 Å². The lowest BCUT2D eigenvalue weighted by molar-refractivity contribution is -0.434. The Balaban J connectivity index is 2.18. The van der Waals surface area contributed by atoms with Crippen molar-refractivity contribution in [2.45, 2.75) is 6.10 Å². The minimum absolute atomic E-state index is 0.148. The number of hydrogen-bond donors (Lipinski definition) is 0. The second kappa shape index (κ2) is 5.80. The molecule has 22 heavy (non-hydrogen) atoms. The molecule has 0 radical (unpaired) electrons. The smallest absolute Gasteiger partial charge is 0.291 e. The van der Waals surface area contributed by atoms with Crippen molar-refractivity contribution < 1.29 is 9.66 Å². The minimum Gasteiger partial charge on any atom is -0.474 e. The zero-order valence-corrected chi connectivity index (χ0v) is 13.2. The maximum atomic E-state index is 11.4. The van der Waals surface area contributed by atoms with Gasteiger partial charge >= 0.3 is 0 Å². The van der Waals surface area contributed by atoms with E-state index in [2.05, 4.69) is 0 Å². The molecule has 112 valence electrons. The van der Waals surface area contributed by atoms with Gasteiger partial charge in [-0.2, -0.15) is 0 Å². The van der Waals surface area contributed by atoms with Crippen molar-refractivity contribution in [3.8, 4) is 5.75 Å². The van der Waals surface area contributed by atoms with Crippen molar-refractivity contribution >= 4 is 40.9 Å². The summed E-state index contributed by atoms with van der Waals surface area (Å²) in [6.45, 7) is 0. The molecule has 1 aliphatic rings. The first-order valence-electron chi connectivity index (χ1n) is 6.23. The molecule has 0 aromatic heterocycles. The Morgan fingerprint density at radius 2 is 1.77 bits per heavy atom. The van der Waals surface area contributed by atoms with Crippen molar-refractivity contribution in [2.24, 2.45) is 0 Å². The predicted molar refractivity (Wildman–Crippen MR) is 86.3 cm³/mol. The lowest BCUT2D eigenvalue weighted by Gasteiger charge is -2.24. The summed E-state index contributed by atoms with van der Waals surface area (Å²) < 4.78 is 5.77. The van der Waals surface area contributed by atoms with Crippen molar-refractivity contribution in [2.75, 3.05) is 0 Å². The summed E-state index contributed by atoms with van der Waals surface area (Å²) >= 11 is 18.2. The standard InChI is InChI=1S/C15H8Cl3NO3/c16-9-4-5-13-8(6-9)7-12(19(20)21)15(22-13)14-10(17)2-1-3-11(14)18/h1-7,15H. The van der Waals surface area contributed by atoms with E-state index in [9.17, 15) is 10.1 Å². The van der Waals surface area contributed by atoms with Crippen LogP contribution in [0.5, 0.6) is 5.75 Å². The van der Waals surface area contributed by atoms with Crippen LogP contribution in [0.15, 0.2) is 42.1 Å². The molecular formula is C15H8Cl3NO3. The Labute approximate surface area is 141 Å². The largest absolute Gasteiger partial charge is 0.474 e. The average Bonchev–Trinajstić information content (AvgIpc) is 2.46. The van der Waals surface area contributed by atoms with Gasteiger partial charge < -0.3 is 4.74 Å². The molecule has 1 aliphatic heterocycles. The Kier molecular flexibility index (Phi) is 4.00. The fourth-order valence-electron chi connectivity index (χ4n) is 2.28. The Bertz CT molecular complexity index is 784. The van der Waals surface area contributed by atoms with E-state index in [-0.39, 0.29) is 5.70 Å². The molecule has 0 spiro atoms. The molecule has 0 amide bonds. The van der Waals surface area contributed by atoms with Crippen LogP contribution in [0.4, 0.5) is 0 Å². The van der Waals surface area contributed by atoms with Crippen LogP contribution in [-0.4, -0.2) is 4.92 Å². The van der Waals surface area contributed by atoms with Crippen molar-refractivity contribution in [1.82, 2.24) is 0 Å². The van der Waals surface area contributed by atoms with E-state index >= 15 is 0 Å². The van der Waals surface area contributed by atoms with Gasteiger partial charge in [-0.25, -0.2) is 0 Å². The number of ether oxygens (including phenoxy) is 1. The third-order valence-electron chi connectivity index (χ3n) is 3.26. The quantitative estimate of drug-likeness (QED) is 0.535. The molecule has 0 saturated carbocycles. The molecule has 1 atom stereocenters. The third-order valence-corrected chi connectivity index (χ3v) is 4.16. The predicted octanol–water partition coefficient (Wildman–Crippen LogP) is 5.40. The number of nitrogens with zero attached hydrogens (tertiary/aromatic N) is 1. The monoisotopic (exact) mass is 355 g/mol. The number of benzene rings is 2. The van der Waals surface area contributed by atoms with Crippen LogP contribution in [-0.2, 0) is 0 Å². The van der Waals surface area contributed by atoms with Crippen LogP contribution in [0.2, 0.25) is 15.1 Å². The first-order chi connectivity index (χ1) is 10.5. The zero-order valence-electron chi connectivity index (χ0n) is 10.9. The van der Waals surface area contributed by atoms with Gasteiger partial charge in [0.1, 0.15) is 5.75 Å². The van der Waals surface area contributed by atoms with E-state index in [1.165, 1.54) is 6.08 Å². The summed E-state index contributed by atoms with van der Waals surface area (Å²) in [6, 6.07) is 9.80. The number of hydrogen-bond acceptors (Lipinski definition) is 3. The van der Waals surface area contributed by atoms with Gasteiger partial charge in [0, 0.05) is 32.3 Å². The maximum absolute atomic E-state index is 11.4. The first kappa shape index (κ1) is 15.2. The first-order valence-corrected chi connectivity index (χ1v) is 7.37. The summed E-state index contributed by atoms with van der Waals surface area (Å²) in [5, 5.41) is 12.5. The third kappa shape index (κ3) is 2.65. The van der Waals surface area contributed by atoms with Crippen LogP contribution < -0.4 is 4.74 Å². The van der Waals surface area contributed by atoms with E-state index < -0.39 is 11.0 Å². The van der Waals surface area contributed by atoms with Crippen molar-refractivity contribution in [3.63, 3.8) is 0 Å². The van der Waals surface area contributed by atoms with Crippen LogP contribution in [0.1, 0.15) is 17.2 Å². The topological polar surface area (TPSA) is 52.4 Å². The highest BCUT2D eigenvalue weighted by Gasteiger charge is 2.36. The molecule has 0 fully saturated rings. The highest BCUT2D eigenvalue weighted by molar-refractivity contribution is 6.36. The molecule has 2 aromatic carbocycles. The number of rotatable bonds is 2. The SMILES string of the molecule is O=[N+]([O-])C1=Cc2cc(Cl)ccc2OC1c1c(Cl)cccc1Cl. The van der Waals surface area contributed by atoms with Crippen LogP contribution in [0.3, 0.4) is 0 Å². The van der Waals surface area contributed by atoms with Gasteiger partial charge in [-0.15, -0.1) is 0 Å². The highest BCUT2D eigenvalue weighted by Crippen LogP contribution is 2.42. The molecule has 0 saturated heterocycles. The number of nitro groups is 1. The van der Waals surface area contributed by atoms with Gasteiger partial charge in [0.05, 0.1) is 4.92 Å². The average molecular weight is 357 g/mol. The Hall–Kier alpha value is -1.75. The van der Waals surface area contributed by atoms with Crippen LogP contribution >= 0.6 is 34.8 Å². The number of fused-ring (bicyclic) bond motifs is 1. The van der Waals surface area contributed by atoms with Gasteiger partial charge in [-0.05, 0) is 30.3 Å². The molecule has 0 bridgehead atoms. The second-order valence-electron chi connectivity index (χ2n) is 4.64. The number of halogens is 3. The summed E-state index contributed by atoms with van der Waals surface area (Å²) in [5.41, 5.74) is 0.762. The summed E-state index contributed by atoms with van der Waals surface area (Å²) in [6.07, 6.45) is 0.444. The Morgan fingerprint density at radius 1 is 1.09 bits per heavy atom. The van der Waals surface area contributed by atoms with E-state index in [1.54, 1.807) is 36.4 Å². The molecule has 3 rings (SSSR count). The molecule has 1 heterocycles. The van der Waals surface area contributed by atoms with Crippen LogP contribution in [0.25, 0.3) is 6.08 Å². The normalized spacial score (nSPS) is 16.5. The van der Waals surface area contributed by atoms with E-state index in [0.29, 0.717) is 31.9 Å². The van der Waals surface area contributed by atoms with Crippen molar-refractivity contribution in [1.29, 1.82) is 0 Å². The molecule has 2 aromatic rings. The maximum Gasteiger partial charge on any atom is 0.291 e. The molecule has 7 heteroatoms. The van der Waals surface area contributed by atoms with E-state index in [0.717, 1.165) is 0 Å². The summed E-state index contributed by atoms with van der Waals surface area (Å²) in [5.74, 6) is 0.482. The zero-order chi connectivity index (χ0) is 15.9. The molecular weight excluding hydrogens is 349 g/mol. The minimum atomic E-state index is -0.982. The summed E-state index contributed by atoms with van der Waals surface area (Å²) in [7, 11) is 0. The van der Waals surface area contributed by atoms with E-state index in [4.69, 9.17) is 39.5 Å².